The van der Waals surface area contributed by atoms with Crippen molar-refractivity contribution in [3.63, 3.8) is 0 Å². The zero-order valence-electron chi connectivity index (χ0n) is 9.44. The number of hydrogen-bond donors (Lipinski definition) is 0. The Bertz CT molecular complexity index is 540. The molecule has 0 atom stereocenters. The van der Waals surface area contributed by atoms with Gasteiger partial charge < -0.3 is 0 Å². The highest BCUT2D eigenvalue weighted by Crippen LogP contribution is 2.41. The molecule has 84 valence electrons. The summed E-state index contributed by atoms with van der Waals surface area (Å²) in [5.74, 6) is 2.03. The Kier molecular flexibility index (Phi) is 2.28. The van der Waals surface area contributed by atoms with Crippen LogP contribution < -0.4 is 0 Å². The van der Waals surface area contributed by atoms with Crippen LogP contribution in [0.5, 0.6) is 0 Å². The first-order chi connectivity index (χ1) is 7.65. The van der Waals surface area contributed by atoms with Crippen LogP contribution >= 0.6 is 15.9 Å². The maximum Gasteiger partial charge on any atom is 0.157 e. The van der Waals surface area contributed by atoms with Gasteiger partial charge in [-0.05, 0) is 52.4 Å². The second kappa shape index (κ2) is 3.55. The zero-order chi connectivity index (χ0) is 11.3. The van der Waals surface area contributed by atoms with Crippen molar-refractivity contribution in [2.24, 2.45) is 0 Å². The van der Waals surface area contributed by atoms with Crippen LogP contribution in [-0.2, 0) is 0 Å². The third-order valence-electron chi connectivity index (χ3n) is 3.00. The fraction of sp³-hybridized carbons (Fsp3) is 0.500. The Hall–Kier alpha value is -0.900. The molecular formula is C12H14BrN3. The standard InChI is InChI=1S/C12H14BrN3/c1-7(2)12-14-11-6-9(8-3-4-8)5-10(13)16(11)15-12/h5-8H,3-4H2,1-2H3. The Balaban J connectivity index is 2.17. The average Bonchev–Trinajstić information content (AvgIpc) is 2.97. The van der Waals surface area contributed by atoms with Gasteiger partial charge in [0.2, 0.25) is 0 Å². The van der Waals surface area contributed by atoms with Gasteiger partial charge in [-0.15, -0.1) is 5.10 Å². The molecule has 0 unspecified atom stereocenters. The van der Waals surface area contributed by atoms with Crippen molar-refractivity contribution in [3.8, 4) is 0 Å². The van der Waals surface area contributed by atoms with Crippen LogP contribution in [0.4, 0.5) is 0 Å². The van der Waals surface area contributed by atoms with Gasteiger partial charge in [0.15, 0.2) is 11.5 Å². The highest BCUT2D eigenvalue weighted by molar-refractivity contribution is 9.10. The molecule has 3 rings (SSSR count). The summed E-state index contributed by atoms with van der Waals surface area (Å²) in [6.07, 6.45) is 2.63. The Morgan fingerprint density at radius 3 is 2.75 bits per heavy atom. The molecule has 1 fully saturated rings. The van der Waals surface area contributed by atoms with Gasteiger partial charge in [0.25, 0.3) is 0 Å². The molecule has 2 heterocycles. The van der Waals surface area contributed by atoms with E-state index in [1.54, 1.807) is 0 Å². The van der Waals surface area contributed by atoms with Crippen LogP contribution in [0.15, 0.2) is 16.7 Å². The molecule has 2 aromatic heterocycles. The van der Waals surface area contributed by atoms with Crippen LogP contribution in [0.25, 0.3) is 5.65 Å². The number of halogens is 1. The lowest BCUT2D eigenvalue weighted by molar-refractivity contribution is 0.761. The van der Waals surface area contributed by atoms with Crippen LogP contribution in [0.2, 0.25) is 0 Å². The minimum absolute atomic E-state index is 0.371. The first kappa shape index (κ1) is 10.3. The van der Waals surface area contributed by atoms with E-state index in [0.717, 1.165) is 22.0 Å². The number of aromatic nitrogens is 3. The van der Waals surface area contributed by atoms with E-state index in [2.05, 4.69) is 52.0 Å². The minimum atomic E-state index is 0.371. The van der Waals surface area contributed by atoms with Gasteiger partial charge in [0, 0.05) is 5.92 Å². The normalized spacial score (nSPS) is 16.2. The van der Waals surface area contributed by atoms with Gasteiger partial charge in [-0.1, -0.05) is 13.8 Å². The van der Waals surface area contributed by atoms with Gasteiger partial charge in [-0.3, -0.25) is 0 Å². The van der Waals surface area contributed by atoms with E-state index in [4.69, 9.17) is 0 Å². The molecule has 0 N–H and O–H groups in total. The summed E-state index contributed by atoms with van der Waals surface area (Å²) in [5, 5.41) is 4.49. The van der Waals surface area contributed by atoms with E-state index in [1.807, 2.05) is 4.52 Å². The minimum Gasteiger partial charge on any atom is -0.212 e. The lowest BCUT2D eigenvalue weighted by Crippen LogP contribution is -1.94. The van der Waals surface area contributed by atoms with Crippen molar-refractivity contribution in [3.05, 3.63) is 28.1 Å². The summed E-state index contributed by atoms with van der Waals surface area (Å²) in [5.41, 5.74) is 2.35. The fourth-order valence-corrected chi connectivity index (χ4v) is 2.40. The van der Waals surface area contributed by atoms with Crippen molar-refractivity contribution < 1.29 is 0 Å². The van der Waals surface area contributed by atoms with Crippen molar-refractivity contribution in [1.82, 2.24) is 14.6 Å². The molecule has 1 aliphatic carbocycles. The number of pyridine rings is 1. The quantitative estimate of drug-likeness (QED) is 0.788. The zero-order valence-corrected chi connectivity index (χ0v) is 11.0. The van der Waals surface area contributed by atoms with Crippen LogP contribution in [-0.4, -0.2) is 14.6 Å². The number of nitrogens with zero attached hydrogens (tertiary/aromatic N) is 3. The van der Waals surface area contributed by atoms with Crippen molar-refractivity contribution in [2.45, 2.75) is 38.5 Å². The molecule has 0 spiro atoms. The van der Waals surface area contributed by atoms with Crippen LogP contribution in [0.1, 0.15) is 49.9 Å². The second-order valence-electron chi connectivity index (χ2n) is 4.78. The summed E-state index contributed by atoms with van der Waals surface area (Å²) in [4.78, 5) is 4.57. The van der Waals surface area contributed by atoms with Gasteiger partial charge in [0.1, 0.15) is 4.60 Å². The summed E-state index contributed by atoms with van der Waals surface area (Å²) in [7, 11) is 0. The van der Waals surface area contributed by atoms with Crippen molar-refractivity contribution >= 4 is 21.6 Å². The maximum absolute atomic E-state index is 4.57. The molecule has 16 heavy (non-hydrogen) atoms. The molecule has 0 aromatic carbocycles. The Labute approximate surface area is 103 Å². The third-order valence-corrected chi connectivity index (χ3v) is 3.56. The predicted molar refractivity (Wildman–Crippen MR) is 66.8 cm³/mol. The number of fused-ring (bicyclic) bond motifs is 1. The molecule has 0 aliphatic heterocycles. The molecule has 1 aliphatic rings. The van der Waals surface area contributed by atoms with E-state index < -0.39 is 0 Å². The smallest absolute Gasteiger partial charge is 0.157 e. The second-order valence-corrected chi connectivity index (χ2v) is 5.59. The van der Waals surface area contributed by atoms with Gasteiger partial charge in [-0.25, -0.2) is 9.50 Å². The van der Waals surface area contributed by atoms with E-state index in [-0.39, 0.29) is 0 Å². The third kappa shape index (κ3) is 1.65. The molecule has 4 heteroatoms. The van der Waals surface area contributed by atoms with Crippen LogP contribution in [0, 0.1) is 0 Å². The van der Waals surface area contributed by atoms with E-state index in [9.17, 15) is 0 Å². The summed E-state index contributed by atoms with van der Waals surface area (Å²) < 4.78 is 2.88. The van der Waals surface area contributed by atoms with E-state index in [0.29, 0.717) is 5.92 Å². The molecule has 0 radical (unpaired) electrons. The molecule has 0 saturated heterocycles. The SMILES string of the molecule is CC(C)c1nc2cc(C3CC3)cc(Br)n2n1. The number of hydrogen-bond acceptors (Lipinski definition) is 2. The first-order valence-corrected chi connectivity index (χ1v) is 6.50. The summed E-state index contributed by atoms with van der Waals surface area (Å²) >= 11 is 3.57. The molecular weight excluding hydrogens is 266 g/mol. The highest BCUT2D eigenvalue weighted by atomic mass is 79.9. The lowest BCUT2D eigenvalue weighted by atomic mass is 10.2. The van der Waals surface area contributed by atoms with Crippen LogP contribution in [0.3, 0.4) is 0 Å². The molecule has 1 saturated carbocycles. The predicted octanol–water partition coefficient (Wildman–Crippen LogP) is 3.49. The summed E-state index contributed by atoms with van der Waals surface area (Å²) in [6, 6.07) is 4.34. The van der Waals surface area contributed by atoms with Crippen molar-refractivity contribution in [1.29, 1.82) is 0 Å². The molecule has 3 nitrogen and oxygen atoms in total. The highest BCUT2D eigenvalue weighted by Gasteiger charge is 2.25. The Morgan fingerprint density at radius 2 is 2.12 bits per heavy atom. The lowest BCUT2D eigenvalue weighted by Gasteiger charge is -2.00. The first-order valence-electron chi connectivity index (χ1n) is 5.71. The van der Waals surface area contributed by atoms with Crippen molar-refractivity contribution in [2.75, 3.05) is 0 Å². The van der Waals surface area contributed by atoms with Gasteiger partial charge in [-0.2, -0.15) is 0 Å². The van der Waals surface area contributed by atoms with E-state index in [1.165, 1.54) is 18.4 Å². The summed E-state index contributed by atoms with van der Waals surface area (Å²) in [6.45, 7) is 4.23. The average molecular weight is 280 g/mol. The molecule has 0 amide bonds. The fourth-order valence-electron chi connectivity index (χ4n) is 1.88. The number of rotatable bonds is 2. The molecule has 2 aromatic rings. The van der Waals surface area contributed by atoms with Gasteiger partial charge >= 0.3 is 0 Å². The maximum atomic E-state index is 4.57. The monoisotopic (exact) mass is 279 g/mol. The molecule has 0 bridgehead atoms. The largest absolute Gasteiger partial charge is 0.212 e. The topological polar surface area (TPSA) is 30.2 Å². The van der Waals surface area contributed by atoms with Gasteiger partial charge in [0.05, 0.1) is 0 Å². The van der Waals surface area contributed by atoms with E-state index >= 15 is 0 Å². The Morgan fingerprint density at radius 1 is 1.38 bits per heavy atom.